The molecule has 0 spiro atoms. The summed E-state index contributed by atoms with van der Waals surface area (Å²) in [6, 6.07) is 7.24. The fourth-order valence-corrected chi connectivity index (χ4v) is 4.33. The monoisotopic (exact) mass is 311 g/mol. The highest BCUT2D eigenvalue weighted by atomic mass is 35.5. The number of nitrogens with one attached hydrogen (secondary N) is 1. The van der Waals surface area contributed by atoms with Gasteiger partial charge in [-0.3, -0.25) is 0 Å². The molecule has 0 saturated carbocycles. The third-order valence-corrected chi connectivity index (χ3v) is 5.39. The Labute approximate surface area is 122 Å². The summed E-state index contributed by atoms with van der Waals surface area (Å²) in [6.45, 7) is 0. The molecule has 1 aliphatic heterocycles. The zero-order valence-electron chi connectivity index (χ0n) is 10.7. The Morgan fingerprint density at radius 2 is 2.20 bits per heavy atom. The lowest BCUT2D eigenvalue weighted by atomic mass is 10.2. The number of benzene rings is 1. The number of hydrogen-bond donors (Lipinski definition) is 1. The van der Waals surface area contributed by atoms with Crippen molar-refractivity contribution in [3.05, 3.63) is 41.7 Å². The van der Waals surface area contributed by atoms with E-state index >= 15 is 0 Å². The van der Waals surface area contributed by atoms with Crippen LogP contribution in [0.4, 0.5) is 5.69 Å². The molecule has 2 heterocycles. The fourth-order valence-electron chi connectivity index (χ4n) is 2.39. The molecule has 1 aromatic heterocycles. The molecule has 0 aliphatic carbocycles. The van der Waals surface area contributed by atoms with Crippen LogP contribution in [0.1, 0.15) is 6.42 Å². The van der Waals surface area contributed by atoms with Crippen molar-refractivity contribution in [1.29, 1.82) is 0 Å². The van der Waals surface area contributed by atoms with Crippen molar-refractivity contribution in [2.45, 2.75) is 12.5 Å². The van der Waals surface area contributed by atoms with Crippen LogP contribution in [0, 0.1) is 0 Å². The van der Waals surface area contributed by atoms with E-state index in [9.17, 15) is 8.42 Å². The lowest BCUT2D eigenvalue weighted by Crippen LogP contribution is -2.21. The molecule has 0 radical (unpaired) electrons. The van der Waals surface area contributed by atoms with Gasteiger partial charge in [-0.05, 0) is 24.6 Å². The predicted molar refractivity (Wildman–Crippen MR) is 79.3 cm³/mol. The minimum Gasteiger partial charge on any atom is -0.379 e. The van der Waals surface area contributed by atoms with E-state index in [1.54, 1.807) is 23.1 Å². The maximum atomic E-state index is 11.5. The molecule has 2 aromatic rings. The third-order valence-electron chi connectivity index (χ3n) is 3.31. The highest BCUT2D eigenvalue weighted by Gasteiger charge is 2.28. The molecule has 3 rings (SSSR count). The molecule has 5 nitrogen and oxygen atoms in total. The van der Waals surface area contributed by atoms with Crippen molar-refractivity contribution in [3.8, 4) is 5.69 Å². The molecule has 7 heteroatoms. The van der Waals surface area contributed by atoms with Crippen LogP contribution in [0.3, 0.4) is 0 Å². The topological polar surface area (TPSA) is 64.0 Å². The van der Waals surface area contributed by atoms with E-state index in [0.29, 0.717) is 11.4 Å². The molecule has 0 bridgehead atoms. The van der Waals surface area contributed by atoms with Gasteiger partial charge in [0.25, 0.3) is 0 Å². The number of anilines is 1. The van der Waals surface area contributed by atoms with Gasteiger partial charge < -0.3 is 5.32 Å². The largest absolute Gasteiger partial charge is 0.379 e. The summed E-state index contributed by atoms with van der Waals surface area (Å²) >= 11 is 6.24. The predicted octanol–water partition coefficient (Wildman–Crippen LogP) is 2.12. The molecule has 106 valence electrons. The molecule has 1 unspecified atom stereocenters. The summed E-state index contributed by atoms with van der Waals surface area (Å²) in [5, 5.41) is 8.02. The van der Waals surface area contributed by atoms with Crippen LogP contribution in [-0.2, 0) is 9.84 Å². The molecule has 1 N–H and O–H groups in total. The highest BCUT2D eigenvalue weighted by molar-refractivity contribution is 7.91. The first-order chi connectivity index (χ1) is 9.55. The van der Waals surface area contributed by atoms with Crippen LogP contribution >= 0.6 is 11.6 Å². The molecular weight excluding hydrogens is 298 g/mol. The second-order valence-corrected chi connectivity index (χ2v) is 7.47. The second kappa shape index (κ2) is 5.10. The van der Waals surface area contributed by atoms with Crippen molar-refractivity contribution >= 4 is 27.1 Å². The van der Waals surface area contributed by atoms with Crippen molar-refractivity contribution < 1.29 is 8.42 Å². The quantitative estimate of drug-likeness (QED) is 0.943. The molecule has 1 fully saturated rings. The van der Waals surface area contributed by atoms with Crippen molar-refractivity contribution in [2.24, 2.45) is 0 Å². The first kappa shape index (κ1) is 13.5. The average Bonchev–Trinajstić information content (AvgIpc) is 2.99. The lowest BCUT2D eigenvalue weighted by Gasteiger charge is -2.17. The number of sulfone groups is 1. The van der Waals surface area contributed by atoms with Crippen LogP contribution in [-0.4, -0.2) is 35.7 Å². The SMILES string of the molecule is O=S1(=O)CCC(Nc2cccc(Cl)c2-n2cccn2)C1. The van der Waals surface area contributed by atoms with Gasteiger partial charge in [-0.25, -0.2) is 13.1 Å². The van der Waals surface area contributed by atoms with E-state index in [4.69, 9.17) is 11.6 Å². The van der Waals surface area contributed by atoms with E-state index in [2.05, 4.69) is 10.4 Å². The zero-order chi connectivity index (χ0) is 14.2. The second-order valence-electron chi connectivity index (χ2n) is 4.83. The van der Waals surface area contributed by atoms with Crippen LogP contribution in [0.2, 0.25) is 5.02 Å². The lowest BCUT2D eigenvalue weighted by molar-refractivity contribution is 0.602. The summed E-state index contributed by atoms with van der Waals surface area (Å²) in [5.41, 5.74) is 1.53. The maximum absolute atomic E-state index is 11.5. The van der Waals surface area contributed by atoms with Gasteiger partial charge in [0.2, 0.25) is 0 Å². The van der Waals surface area contributed by atoms with Crippen molar-refractivity contribution in [3.63, 3.8) is 0 Å². The average molecular weight is 312 g/mol. The minimum atomic E-state index is -2.91. The molecule has 0 amide bonds. The Bertz CT molecular complexity index is 713. The number of rotatable bonds is 3. The molecule has 1 atom stereocenters. The first-order valence-corrected chi connectivity index (χ1v) is 8.50. The van der Waals surface area contributed by atoms with Crippen molar-refractivity contribution in [2.75, 3.05) is 16.8 Å². The maximum Gasteiger partial charge on any atom is 0.152 e. The molecular formula is C13H14ClN3O2S. The first-order valence-electron chi connectivity index (χ1n) is 6.31. The number of para-hydroxylation sites is 1. The van der Waals surface area contributed by atoms with Crippen LogP contribution in [0.25, 0.3) is 5.69 Å². The van der Waals surface area contributed by atoms with Crippen molar-refractivity contribution in [1.82, 2.24) is 9.78 Å². The van der Waals surface area contributed by atoms with Crippen LogP contribution in [0.15, 0.2) is 36.7 Å². The molecule has 20 heavy (non-hydrogen) atoms. The normalized spacial score (nSPS) is 20.9. The van der Waals surface area contributed by atoms with Gasteiger partial charge in [-0.1, -0.05) is 17.7 Å². The van der Waals surface area contributed by atoms with Gasteiger partial charge in [-0.2, -0.15) is 5.10 Å². The standard InChI is InChI=1S/C13H14ClN3O2S/c14-11-3-1-4-12(13(11)17-7-2-6-15-17)16-10-5-8-20(18,19)9-10/h1-4,6-7,10,16H,5,8-9H2. The van der Waals surface area contributed by atoms with E-state index < -0.39 is 9.84 Å². The van der Waals surface area contributed by atoms with E-state index in [0.717, 1.165) is 11.4 Å². The number of nitrogens with zero attached hydrogens (tertiary/aromatic N) is 2. The number of hydrogen-bond acceptors (Lipinski definition) is 4. The van der Waals surface area contributed by atoms with Gasteiger partial charge in [0.05, 0.1) is 22.2 Å². The summed E-state index contributed by atoms with van der Waals surface area (Å²) in [7, 11) is -2.91. The Morgan fingerprint density at radius 1 is 1.35 bits per heavy atom. The van der Waals surface area contributed by atoms with E-state index in [1.165, 1.54) is 0 Å². The Kier molecular flexibility index (Phi) is 3.43. The highest BCUT2D eigenvalue weighted by Crippen LogP contribution is 2.29. The van der Waals surface area contributed by atoms with E-state index in [1.807, 2.05) is 18.2 Å². The summed E-state index contributed by atoms with van der Waals surface area (Å²) < 4.78 is 24.7. The minimum absolute atomic E-state index is 0.0761. The number of halogens is 1. The molecule has 1 saturated heterocycles. The third kappa shape index (κ3) is 2.66. The van der Waals surface area contributed by atoms with Crippen LogP contribution < -0.4 is 5.32 Å². The summed E-state index contributed by atoms with van der Waals surface area (Å²) in [5.74, 6) is 0.403. The Balaban J connectivity index is 1.93. The fraction of sp³-hybridized carbons (Fsp3) is 0.308. The van der Waals surface area contributed by atoms with E-state index in [-0.39, 0.29) is 17.5 Å². The number of aromatic nitrogens is 2. The van der Waals surface area contributed by atoms with Gasteiger partial charge in [0.15, 0.2) is 9.84 Å². The smallest absolute Gasteiger partial charge is 0.152 e. The van der Waals surface area contributed by atoms with Gasteiger partial charge in [0.1, 0.15) is 5.69 Å². The summed E-state index contributed by atoms with van der Waals surface area (Å²) in [6.07, 6.45) is 4.10. The zero-order valence-corrected chi connectivity index (χ0v) is 12.2. The van der Waals surface area contributed by atoms with Crippen LogP contribution in [0.5, 0.6) is 0 Å². The Hall–Kier alpha value is -1.53. The Morgan fingerprint density at radius 3 is 2.85 bits per heavy atom. The van der Waals surface area contributed by atoms with Gasteiger partial charge >= 0.3 is 0 Å². The summed E-state index contributed by atoms with van der Waals surface area (Å²) in [4.78, 5) is 0. The molecule has 1 aromatic carbocycles. The van der Waals surface area contributed by atoms with Gasteiger partial charge in [0, 0.05) is 18.4 Å². The van der Waals surface area contributed by atoms with Gasteiger partial charge in [-0.15, -0.1) is 0 Å². The molecule has 1 aliphatic rings.